The van der Waals surface area contributed by atoms with Crippen molar-refractivity contribution in [3.63, 3.8) is 0 Å². The molecule has 2 aliphatic carbocycles. The zero-order valence-electron chi connectivity index (χ0n) is 27.0. The lowest BCUT2D eigenvalue weighted by Crippen LogP contribution is -2.26. The number of fused-ring (bicyclic) bond motifs is 10. The van der Waals surface area contributed by atoms with Crippen LogP contribution < -0.4 is 11.2 Å². The molecule has 10 rings (SSSR count). The van der Waals surface area contributed by atoms with Crippen LogP contribution in [0.5, 0.6) is 0 Å². The summed E-state index contributed by atoms with van der Waals surface area (Å²) in [4.78, 5) is 0. The molecule has 0 amide bonds. The van der Waals surface area contributed by atoms with Gasteiger partial charge in [0.2, 0.25) is 0 Å². The van der Waals surface area contributed by atoms with E-state index in [0.717, 1.165) is 23.0 Å². The predicted octanol–water partition coefficient (Wildman–Crippen LogP) is 12.4. The predicted molar refractivity (Wildman–Crippen MR) is 217 cm³/mol. The topological polar surface area (TPSA) is 43.0 Å². The SMILES string of the molecule is C1=CCCC=C1.C=C(N)c1cc2c3ccc(-c4ccc5c(c4)sc4ccccc45)cc3sc2c2c3ccccc3n(NC3C=CC=CC3)c12. The van der Waals surface area contributed by atoms with E-state index >= 15 is 0 Å². The van der Waals surface area contributed by atoms with Crippen LogP contribution in [0.25, 0.3) is 79.0 Å². The zero-order chi connectivity index (χ0) is 32.9. The molecule has 0 aliphatic heterocycles. The number of hydrogen-bond donors (Lipinski definition) is 2. The quantitative estimate of drug-likeness (QED) is 0.196. The number of nitrogens with two attached hydrogens (primary N) is 1. The van der Waals surface area contributed by atoms with Gasteiger partial charge in [-0.05, 0) is 60.7 Å². The van der Waals surface area contributed by atoms with Crippen molar-refractivity contribution in [1.82, 2.24) is 4.68 Å². The van der Waals surface area contributed by atoms with Gasteiger partial charge in [0, 0.05) is 62.4 Å². The number of nitrogens with zero attached hydrogens (tertiary/aromatic N) is 1. The van der Waals surface area contributed by atoms with Gasteiger partial charge < -0.3 is 11.2 Å². The maximum Gasteiger partial charge on any atom is 0.0813 e. The number of thiophene rings is 2. The van der Waals surface area contributed by atoms with E-state index < -0.39 is 0 Å². The molecule has 0 spiro atoms. The van der Waals surface area contributed by atoms with Crippen LogP contribution in [-0.4, -0.2) is 10.7 Å². The summed E-state index contributed by atoms with van der Waals surface area (Å²) in [6, 6.07) is 33.5. The van der Waals surface area contributed by atoms with Gasteiger partial charge in [-0.2, -0.15) is 0 Å². The molecule has 0 saturated heterocycles. The highest BCUT2D eigenvalue weighted by atomic mass is 32.1. The zero-order valence-corrected chi connectivity index (χ0v) is 28.7. The summed E-state index contributed by atoms with van der Waals surface area (Å²) >= 11 is 3.73. The lowest BCUT2D eigenvalue weighted by molar-refractivity contribution is 0.768. The largest absolute Gasteiger partial charge is 0.399 e. The fraction of sp³-hybridized carbons (Fsp3) is 0.0909. The van der Waals surface area contributed by atoms with Crippen LogP contribution >= 0.6 is 22.7 Å². The Balaban J connectivity index is 0.000000492. The van der Waals surface area contributed by atoms with Crippen LogP contribution in [0.4, 0.5) is 0 Å². The van der Waals surface area contributed by atoms with Gasteiger partial charge in [-0.3, -0.25) is 4.68 Å². The van der Waals surface area contributed by atoms with Gasteiger partial charge in [0.15, 0.2) is 0 Å². The van der Waals surface area contributed by atoms with Crippen molar-refractivity contribution >= 4 is 90.5 Å². The molecule has 0 fully saturated rings. The average Bonchev–Trinajstić information content (AvgIpc) is 3.82. The molecule has 8 aromatic rings. The van der Waals surface area contributed by atoms with E-state index in [1.807, 2.05) is 22.7 Å². The fourth-order valence-electron chi connectivity index (χ4n) is 7.23. The van der Waals surface area contributed by atoms with E-state index in [1.54, 1.807) is 0 Å². The molecule has 0 radical (unpaired) electrons. The second kappa shape index (κ2) is 12.3. The van der Waals surface area contributed by atoms with Crippen molar-refractivity contribution in [2.24, 2.45) is 5.73 Å². The molecule has 49 heavy (non-hydrogen) atoms. The Morgan fingerprint density at radius 1 is 0.673 bits per heavy atom. The monoisotopic (exact) mass is 669 g/mol. The van der Waals surface area contributed by atoms with Gasteiger partial charge in [-0.1, -0.05) is 116 Å². The second-order valence-electron chi connectivity index (χ2n) is 12.7. The van der Waals surface area contributed by atoms with Gasteiger partial charge in [-0.15, -0.1) is 22.7 Å². The maximum atomic E-state index is 6.52. The Morgan fingerprint density at radius 2 is 1.33 bits per heavy atom. The van der Waals surface area contributed by atoms with Crippen molar-refractivity contribution in [3.8, 4) is 11.1 Å². The first-order chi connectivity index (χ1) is 24.1. The van der Waals surface area contributed by atoms with Crippen LogP contribution in [0.1, 0.15) is 24.8 Å². The third-order valence-electron chi connectivity index (χ3n) is 9.59. The highest BCUT2D eigenvalue weighted by molar-refractivity contribution is 7.27. The molecule has 5 aromatic carbocycles. The minimum Gasteiger partial charge on any atom is -0.399 e. The summed E-state index contributed by atoms with van der Waals surface area (Å²) < 4.78 is 7.45. The molecule has 1 unspecified atom stereocenters. The lowest BCUT2D eigenvalue weighted by Gasteiger charge is -2.20. The maximum absolute atomic E-state index is 6.52. The molecule has 3 N–H and O–H groups in total. The van der Waals surface area contributed by atoms with Gasteiger partial charge >= 0.3 is 0 Å². The number of rotatable bonds is 4. The molecule has 0 saturated carbocycles. The number of benzene rings is 5. The molecule has 3 heterocycles. The first-order valence-corrected chi connectivity index (χ1v) is 18.5. The van der Waals surface area contributed by atoms with Crippen LogP contribution in [-0.2, 0) is 0 Å². The molecule has 5 heteroatoms. The Morgan fingerprint density at radius 3 is 2.02 bits per heavy atom. The van der Waals surface area contributed by atoms with Crippen LogP contribution in [0.3, 0.4) is 0 Å². The molecular weight excluding hydrogens is 635 g/mol. The highest BCUT2D eigenvalue weighted by Crippen LogP contribution is 2.46. The van der Waals surface area contributed by atoms with Crippen LogP contribution in [0, 0.1) is 0 Å². The fourth-order valence-corrected chi connectivity index (χ4v) is 9.66. The molecule has 238 valence electrons. The van der Waals surface area contributed by atoms with E-state index in [4.69, 9.17) is 5.73 Å². The smallest absolute Gasteiger partial charge is 0.0813 e. The normalized spacial score (nSPS) is 15.6. The summed E-state index contributed by atoms with van der Waals surface area (Å²) in [6.07, 6.45) is 20.6. The van der Waals surface area contributed by atoms with Gasteiger partial charge in [0.05, 0.1) is 17.1 Å². The van der Waals surface area contributed by atoms with Crippen LogP contribution in [0.15, 0.2) is 146 Å². The first kappa shape index (κ1) is 29.8. The number of nitrogens with one attached hydrogen (secondary N) is 1. The molecule has 2 aliphatic rings. The molecule has 3 nitrogen and oxygen atoms in total. The molecule has 3 aromatic heterocycles. The van der Waals surface area contributed by atoms with Crippen molar-refractivity contribution in [2.45, 2.75) is 25.3 Å². The van der Waals surface area contributed by atoms with Gasteiger partial charge in [0.25, 0.3) is 0 Å². The Bertz CT molecular complexity index is 2700. The number of aromatic nitrogens is 1. The Kier molecular flexibility index (Phi) is 7.45. The summed E-state index contributed by atoms with van der Waals surface area (Å²) in [5.74, 6) is 0. The second-order valence-corrected chi connectivity index (χ2v) is 14.9. The van der Waals surface area contributed by atoms with Crippen LogP contribution in [0.2, 0.25) is 0 Å². The Labute approximate surface area is 293 Å². The molecule has 0 bridgehead atoms. The lowest BCUT2D eigenvalue weighted by atomic mass is 10.00. The van der Waals surface area contributed by atoms with Crippen molar-refractivity contribution < 1.29 is 0 Å². The highest BCUT2D eigenvalue weighted by Gasteiger charge is 2.22. The van der Waals surface area contributed by atoms with Crippen molar-refractivity contribution in [1.29, 1.82) is 0 Å². The Hall–Kier alpha value is -5.36. The average molecular weight is 670 g/mol. The van der Waals surface area contributed by atoms with E-state index in [-0.39, 0.29) is 6.04 Å². The minimum absolute atomic E-state index is 0.196. The summed E-state index contributed by atoms with van der Waals surface area (Å²) in [5, 5.41) is 7.58. The molecule has 1 atom stereocenters. The minimum atomic E-state index is 0.196. The van der Waals surface area contributed by atoms with Gasteiger partial charge in [-0.25, -0.2) is 0 Å². The van der Waals surface area contributed by atoms with E-state index in [0.29, 0.717) is 5.70 Å². The van der Waals surface area contributed by atoms with E-state index in [9.17, 15) is 0 Å². The number of para-hydroxylation sites is 1. The van der Waals surface area contributed by atoms with E-state index in [2.05, 4.69) is 156 Å². The standard InChI is InChI=1S/C38H27N3S2.C6H8/c1-22(39)30-21-31-28-18-16-24(23-15-17-27-26-11-6-8-14-33(26)42-34(27)19-23)20-35(28)43-38(31)36-29-12-5-7-13-32(29)41(37(30)36)40-25-9-3-2-4-10-25;1-2-4-6-5-3-1/h2-9,11-21,25,40H,1,10,39H2;1-4H,5-6H2. The third-order valence-corrected chi connectivity index (χ3v) is 11.9. The number of hydrogen-bond acceptors (Lipinski definition) is 4. The summed E-state index contributed by atoms with van der Waals surface area (Å²) in [6.45, 7) is 4.22. The van der Waals surface area contributed by atoms with E-state index in [1.165, 1.54) is 75.1 Å². The van der Waals surface area contributed by atoms with Crippen molar-refractivity contribution in [3.05, 3.63) is 152 Å². The summed E-state index contributed by atoms with van der Waals surface area (Å²) in [7, 11) is 0. The first-order valence-electron chi connectivity index (χ1n) is 16.8. The molecular formula is C44H35N3S2. The van der Waals surface area contributed by atoms with Gasteiger partial charge in [0.1, 0.15) is 0 Å². The van der Waals surface area contributed by atoms with Crippen molar-refractivity contribution in [2.75, 3.05) is 5.43 Å². The summed E-state index contributed by atoms with van der Waals surface area (Å²) in [5.41, 5.74) is 16.6. The number of allylic oxidation sites excluding steroid dienone is 6. The third kappa shape index (κ3) is 5.18.